The van der Waals surface area contributed by atoms with Crippen molar-refractivity contribution in [3.05, 3.63) is 41.2 Å². The van der Waals surface area contributed by atoms with Crippen LogP contribution in [0.2, 0.25) is 0 Å². The van der Waals surface area contributed by atoms with Gasteiger partial charge >= 0.3 is 18.1 Å². The molecule has 5 atom stereocenters. The maximum Gasteiger partial charge on any atom is 0.413 e. The van der Waals surface area contributed by atoms with Crippen LogP contribution in [0.4, 0.5) is 19.4 Å². The number of carbonyl (C=O) groups excluding carboxylic acids is 2. The molecular weight excluding hydrogens is 817 g/mol. The lowest BCUT2D eigenvalue weighted by Crippen LogP contribution is -2.56. The molecule has 1 amide bonds. The molecule has 2 aromatic carbocycles. The van der Waals surface area contributed by atoms with E-state index in [1.54, 1.807) is 23.1 Å². The van der Waals surface area contributed by atoms with E-state index in [1.165, 1.54) is 64.2 Å². The van der Waals surface area contributed by atoms with Crippen LogP contribution in [-0.2, 0) is 20.7 Å². The summed E-state index contributed by atoms with van der Waals surface area (Å²) < 4.78 is 49.1. The van der Waals surface area contributed by atoms with Crippen molar-refractivity contribution >= 4 is 28.8 Å². The number of esters is 1. The van der Waals surface area contributed by atoms with Crippen molar-refractivity contribution in [3.8, 4) is 22.9 Å². The van der Waals surface area contributed by atoms with Crippen molar-refractivity contribution < 1.29 is 37.7 Å². The third-order valence-electron chi connectivity index (χ3n) is 15.1. The van der Waals surface area contributed by atoms with E-state index in [4.69, 9.17) is 24.2 Å². The molecule has 5 heterocycles. The van der Waals surface area contributed by atoms with E-state index < -0.39 is 30.4 Å². The van der Waals surface area contributed by atoms with Gasteiger partial charge < -0.3 is 24.2 Å². The van der Waals surface area contributed by atoms with Gasteiger partial charge in [-0.25, -0.2) is 13.6 Å². The van der Waals surface area contributed by atoms with Crippen molar-refractivity contribution in [2.45, 2.75) is 185 Å². The number of fused-ring (bicyclic) bond motifs is 5. The molecule has 8 rings (SSSR count). The Bertz CT molecular complexity index is 2070. The Kier molecular flexibility index (Phi) is 15.4. The van der Waals surface area contributed by atoms with Gasteiger partial charge in [-0.2, -0.15) is 9.97 Å². The standard InChI is InChI=1S/C51H71F2N5O6/c1-3-5-6-7-8-9-10-11-12-13-14-15-16-18-44(60)63-34-64-50(61)58-38-21-22-39(58)32-56(31-38)48-42-24-23-41(43-28-40(59)27-36-20-19-35(4-2)45(36)43)46(53)47(42)54-49(55-48)62-33-51-25-17-26-57(51)30-37(52)29-51/h23-24,27-28,35,37-39,59H,3-22,25-26,29-34H2,1-2H3/t35?,37-,38-,39+,51+/m1/s1. The van der Waals surface area contributed by atoms with Crippen molar-refractivity contribution in [3.63, 3.8) is 0 Å². The van der Waals surface area contributed by atoms with Gasteiger partial charge in [-0.05, 0) is 98.7 Å². The van der Waals surface area contributed by atoms with Gasteiger partial charge in [-0.15, -0.1) is 0 Å². The Morgan fingerprint density at radius 2 is 1.56 bits per heavy atom. The predicted octanol–water partition coefficient (Wildman–Crippen LogP) is 11.3. The third-order valence-corrected chi connectivity index (χ3v) is 15.1. The Hall–Kier alpha value is -4.26. The molecule has 13 heteroatoms. The zero-order valence-electron chi connectivity index (χ0n) is 38.4. The van der Waals surface area contributed by atoms with E-state index in [0.29, 0.717) is 54.8 Å². The number of anilines is 1. The Morgan fingerprint density at radius 3 is 2.27 bits per heavy atom. The van der Waals surface area contributed by atoms with E-state index in [9.17, 15) is 19.1 Å². The van der Waals surface area contributed by atoms with Gasteiger partial charge in [0.15, 0.2) is 5.82 Å². The summed E-state index contributed by atoms with van der Waals surface area (Å²) in [6, 6.07) is 6.73. The molecule has 1 aromatic heterocycles. The van der Waals surface area contributed by atoms with Crippen LogP contribution in [0.5, 0.6) is 11.8 Å². The minimum atomic E-state index is -0.924. The van der Waals surface area contributed by atoms with Crippen LogP contribution in [-0.4, -0.2) is 100 Å². The average Bonchev–Trinajstić information content (AvgIpc) is 4.03. The number of benzene rings is 2. The molecule has 0 radical (unpaired) electrons. The number of halogens is 2. The van der Waals surface area contributed by atoms with Gasteiger partial charge in [0.05, 0.1) is 17.6 Å². The summed E-state index contributed by atoms with van der Waals surface area (Å²) >= 11 is 0. The highest BCUT2D eigenvalue weighted by Crippen LogP contribution is 2.46. The van der Waals surface area contributed by atoms with Gasteiger partial charge in [0.1, 0.15) is 29.9 Å². The fourth-order valence-electron chi connectivity index (χ4n) is 11.7. The second kappa shape index (κ2) is 21.4. The molecule has 1 aliphatic carbocycles. The first-order valence-electron chi connectivity index (χ1n) is 24.9. The largest absolute Gasteiger partial charge is 0.508 e. The number of phenolic OH excluding ortho intramolecular Hbond substituents is 1. The zero-order valence-corrected chi connectivity index (χ0v) is 38.4. The number of hydrogen-bond acceptors (Lipinski definition) is 10. The van der Waals surface area contributed by atoms with Crippen LogP contribution < -0.4 is 9.64 Å². The summed E-state index contributed by atoms with van der Waals surface area (Å²) in [5, 5.41) is 11.3. The quantitative estimate of drug-likeness (QED) is 0.0593. The Balaban J connectivity index is 0.897. The van der Waals surface area contributed by atoms with E-state index in [0.717, 1.165) is 81.9 Å². The first-order valence-corrected chi connectivity index (χ1v) is 24.9. The third kappa shape index (κ3) is 10.4. The van der Waals surface area contributed by atoms with Gasteiger partial charge in [0.25, 0.3) is 0 Å². The summed E-state index contributed by atoms with van der Waals surface area (Å²) in [4.78, 5) is 41.6. The SMILES string of the molecule is CCCCCCCCCCCCCCCC(=O)OCOC(=O)N1[C@@H]2CC[C@H]1CN(c1nc(OC[C@@]34CCCN3C[C@H](F)C4)nc3c(F)c(-c4cc(O)cc5c4C(CC)CC5)ccc13)C2. The summed E-state index contributed by atoms with van der Waals surface area (Å²) in [6.45, 7) is 6.23. The number of unbranched alkanes of at least 4 members (excludes halogenated alkanes) is 12. The first-order chi connectivity index (χ1) is 31.2. The first kappa shape index (κ1) is 46.3. The fraction of sp³-hybridized carbons (Fsp3) is 0.686. The van der Waals surface area contributed by atoms with Gasteiger partial charge in [0.2, 0.25) is 6.79 Å². The van der Waals surface area contributed by atoms with Crippen molar-refractivity contribution in [2.24, 2.45) is 0 Å². The zero-order chi connectivity index (χ0) is 44.6. The highest BCUT2D eigenvalue weighted by Gasteiger charge is 2.50. The number of aryl methyl sites for hydroxylation is 1. The smallest absolute Gasteiger partial charge is 0.413 e. The van der Waals surface area contributed by atoms with E-state index in [1.807, 2.05) is 6.07 Å². The van der Waals surface area contributed by atoms with Crippen molar-refractivity contribution in [1.82, 2.24) is 19.8 Å². The van der Waals surface area contributed by atoms with Crippen LogP contribution in [0.15, 0.2) is 24.3 Å². The van der Waals surface area contributed by atoms with Gasteiger partial charge in [-0.3, -0.25) is 14.6 Å². The molecule has 0 saturated carbocycles. The molecule has 64 heavy (non-hydrogen) atoms. The Labute approximate surface area is 378 Å². The van der Waals surface area contributed by atoms with Crippen LogP contribution >= 0.6 is 0 Å². The average molecular weight is 888 g/mol. The number of carbonyl (C=O) groups is 2. The molecule has 0 spiro atoms. The number of amides is 1. The van der Waals surface area contributed by atoms with Crippen LogP contribution in [0.25, 0.3) is 22.0 Å². The Morgan fingerprint density at radius 1 is 0.859 bits per heavy atom. The molecule has 3 aromatic rings. The second-order valence-electron chi connectivity index (χ2n) is 19.5. The molecule has 11 nitrogen and oxygen atoms in total. The van der Waals surface area contributed by atoms with Gasteiger partial charge in [-0.1, -0.05) is 97.0 Å². The number of nitrogens with zero attached hydrogens (tertiary/aromatic N) is 5. The topological polar surface area (TPSA) is 118 Å². The lowest BCUT2D eigenvalue weighted by atomic mass is 9.89. The number of piperazine rings is 1. The van der Waals surface area contributed by atoms with Crippen LogP contribution in [0.3, 0.4) is 0 Å². The van der Waals surface area contributed by atoms with Gasteiger partial charge in [0, 0.05) is 43.4 Å². The number of aromatic hydroxyl groups is 1. The fourth-order valence-corrected chi connectivity index (χ4v) is 11.7. The number of ether oxygens (including phenoxy) is 3. The number of alkyl halides is 1. The molecule has 2 bridgehead atoms. The number of rotatable bonds is 22. The summed E-state index contributed by atoms with van der Waals surface area (Å²) in [6.07, 6.45) is 21.2. The highest BCUT2D eigenvalue weighted by molar-refractivity contribution is 5.94. The highest BCUT2D eigenvalue weighted by atomic mass is 19.1. The molecule has 1 unspecified atom stereocenters. The summed E-state index contributed by atoms with van der Waals surface area (Å²) in [7, 11) is 0. The monoisotopic (exact) mass is 888 g/mol. The normalized spacial score (nSPS) is 23.8. The molecule has 5 aliphatic rings. The lowest BCUT2D eigenvalue weighted by Gasteiger charge is -2.41. The van der Waals surface area contributed by atoms with E-state index in [-0.39, 0.29) is 47.9 Å². The van der Waals surface area contributed by atoms with Crippen LogP contribution in [0, 0.1) is 5.82 Å². The molecule has 4 fully saturated rings. The predicted molar refractivity (Wildman–Crippen MR) is 245 cm³/mol. The lowest BCUT2D eigenvalue weighted by molar-refractivity contribution is -0.152. The van der Waals surface area contributed by atoms with Crippen LogP contribution in [0.1, 0.15) is 166 Å². The van der Waals surface area contributed by atoms with Crippen molar-refractivity contribution in [1.29, 1.82) is 0 Å². The number of aromatic nitrogens is 2. The second-order valence-corrected chi connectivity index (χ2v) is 19.5. The molecule has 4 saturated heterocycles. The maximum atomic E-state index is 17.2. The maximum absolute atomic E-state index is 17.2. The summed E-state index contributed by atoms with van der Waals surface area (Å²) in [5.74, 6) is 0.0132. The molecule has 4 aliphatic heterocycles. The number of phenols is 1. The molecule has 1 N–H and O–H groups in total. The van der Waals surface area contributed by atoms with E-state index in [2.05, 4.69) is 23.6 Å². The molecule has 350 valence electrons. The molecular formula is C51H71F2N5O6. The summed E-state index contributed by atoms with van der Waals surface area (Å²) in [5.41, 5.74) is 2.84. The van der Waals surface area contributed by atoms with Crippen molar-refractivity contribution in [2.75, 3.05) is 44.5 Å². The van der Waals surface area contributed by atoms with E-state index >= 15 is 4.39 Å². The number of hydrogen-bond donors (Lipinski definition) is 1. The minimum Gasteiger partial charge on any atom is -0.508 e. The minimum absolute atomic E-state index is 0.0319.